The molecule has 0 heterocycles. The Morgan fingerprint density at radius 1 is 1.10 bits per heavy atom. The highest BCUT2D eigenvalue weighted by molar-refractivity contribution is 9.10. The summed E-state index contributed by atoms with van der Waals surface area (Å²) in [6, 6.07) is 6.69. The zero-order valence-electron chi connectivity index (χ0n) is 13.8. The summed E-state index contributed by atoms with van der Waals surface area (Å²) >= 11 is 3.66. The van der Waals surface area contributed by atoms with Crippen molar-refractivity contribution in [3.63, 3.8) is 0 Å². The van der Waals surface area contributed by atoms with Crippen LogP contribution in [0, 0.1) is 0 Å². The van der Waals surface area contributed by atoms with E-state index in [9.17, 15) is 0 Å². The molecule has 120 valence electrons. The van der Waals surface area contributed by atoms with Crippen LogP contribution in [0.3, 0.4) is 0 Å². The lowest BCUT2D eigenvalue weighted by molar-refractivity contribution is 0.304. The van der Waals surface area contributed by atoms with Gasteiger partial charge in [0.15, 0.2) is 0 Å². The van der Waals surface area contributed by atoms with Crippen molar-refractivity contribution in [3.05, 3.63) is 28.2 Å². The number of rotatable bonds is 11. The monoisotopic (exact) mass is 355 g/mol. The van der Waals surface area contributed by atoms with Crippen molar-refractivity contribution in [2.45, 2.75) is 65.3 Å². The maximum Gasteiger partial charge on any atom is 0.120 e. The number of hydrogen-bond donors (Lipinski definition) is 1. The van der Waals surface area contributed by atoms with Gasteiger partial charge in [0.05, 0.1) is 6.61 Å². The van der Waals surface area contributed by atoms with Crippen LogP contribution in [0.25, 0.3) is 0 Å². The first-order valence-corrected chi connectivity index (χ1v) is 9.14. The summed E-state index contributed by atoms with van der Waals surface area (Å²) < 4.78 is 6.96. The molecule has 0 aliphatic heterocycles. The van der Waals surface area contributed by atoms with E-state index in [1.807, 2.05) is 0 Å². The third kappa shape index (κ3) is 7.32. The molecule has 0 aliphatic carbocycles. The summed E-state index contributed by atoms with van der Waals surface area (Å²) in [5.41, 5.74) is 1.29. The van der Waals surface area contributed by atoms with Gasteiger partial charge >= 0.3 is 0 Å². The lowest BCUT2D eigenvalue weighted by Crippen LogP contribution is -2.19. The van der Waals surface area contributed by atoms with E-state index in [4.69, 9.17) is 4.74 Å². The molecule has 1 N–H and O–H groups in total. The van der Waals surface area contributed by atoms with Gasteiger partial charge in [0.25, 0.3) is 0 Å². The van der Waals surface area contributed by atoms with Crippen LogP contribution >= 0.6 is 15.9 Å². The maximum atomic E-state index is 5.83. The van der Waals surface area contributed by atoms with E-state index >= 15 is 0 Å². The Morgan fingerprint density at radius 2 is 1.86 bits per heavy atom. The number of halogens is 1. The molecule has 21 heavy (non-hydrogen) atoms. The van der Waals surface area contributed by atoms with Gasteiger partial charge in [-0.2, -0.15) is 0 Å². The molecule has 0 fully saturated rings. The Balaban J connectivity index is 2.39. The van der Waals surface area contributed by atoms with Crippen molar-refractivity contribution >= 4 is 15.9 Å². The molecule has 1 aromatic carbocycles. The van der Waals surface area contributed by atoms with Gasteiger partial charge < -0.3 is 10.1 Å². The third-order valence-electron chi connectivity index (χ3n) is 3.66. The van der Waals surface area contributed by atoms with E-state index < -0.39 is 0 Å². The molecule has 0 aromatic heterocycles. The van der Waals surface area contributed by atoms with E-state index in [0.29, 0.717) is 6.04 Å². The van der Waals surface area contributed by atoms with Crippen molar-refractivity contribution in [1.82, 2.24) is 5.32 Å². The van der Waals surface area contributed by atoms with E-state index in [0.717, 1.165) is 36.2 Å². The molecule has 1 rings (SSSR count). The van der Waals surface area contributed by atoms with Crippen LogP contribution in [-0.4, -0.2) is 13.2 Å². The fourth-order valence-corrected chi connectivity index (χ4v) is 3.02. The zero-order valence-corrected chi connectivity index (χ0v) is 15.3. The van der Waals surface area contributed by atoms with Gasteiger partial charge in [0, 0.05) is 10.5 Å². The average Bonchev–Trinajstić information content (AvgIpc) is 2.48. The molecule has 2 nitrogen and oxygen atoms in total. The number of benzene rings is 1. The maximum absolute atomic E-state index is 5.83. The second-order valence-corrected chi connectivity index (χ2v) is 6.48. The second kappa shape index (κ2) is 11.1. The van der Waals surface area contributed by atoms with Gasteiger partial charge in [-0.05, 0) is 44.0 Å². The molecule has 1 atom stereocenters. The number of ether oxygens (including phenoxy) is 1. The highest BCUT2D eigenvalue weighted by Gasteiger charge is 2.09. The predicted molar refractivity (Wildman–Crippen MR) is 95.1 cm³/mol. The van der Waals surface area contributed by atoms with Crippen molar-refractivity contribution in [1.29, 1.82) is 0 Å². The molecule has 1 unspecified atom stereocenters. The summed E-state index contributed by atoms with van der Waals surface area (Å²) in [5.74, 6) is 0.962. The Morgan fingerprint density at radius 3 is 2.52 bits per heavy atom. The first-order chi connectivity index (χ1) is 10.2. The Hall–Kier alpha value is -0.540. The van der Waals surface area contributed by atoms with Gasteiger partial charge in [0.1, 0.15) is 5.75 Å². The van der Waals surface area contributed by atoms with Crippen molar-refractivity contribution in [2.24, 2.45) is 0 Å². The summed E-state index contributed by atoms with van der Waals surface area (Å²) in [4.78, 5) is 0. The van der Waals surface area contributed by atoms with E-state index in [-0.39, 0.29) is 0 Å². The minimum Gasteiger partial charge on any atom is -0.494 e. The Kier molecular flexibility index (Phi) is 9.77. The van der Waals surface area contributed by atoms with Gasteiger partial charge in [-0.3, -0.25) is 0 Å². The molecule has 1 aromatic rings. The van der Waals surface area contributed by atoms with Gasteiger partial charge in [-0.25, -0.2) is 0 Å². The lowest BCUT2D eigenvalue weighted by Gasteiger charge is -2.16. The topological polar surface area (TPSA) is 21.3 Å². The van der Waals surface area contributed by atoms with E-state index in [1.54, 1.807) is 0 Å². The van der Waals surface area contributed by atoms with Crippen LogP contribution in [0.4, 0.5) is 0 Å². The van der Waals surface area contributed by atoms with Crippen LogP contribution in [0.2, 0.25) is 0 Å². The quantitative estimate of drug-likeness (QED) is 0.502. The SMILES string of the molecule is CCCCCCCOc1ccc(C(C)NCCC)c(Br)c1. The zero-order chi connectivity index (χ0) is 15.5. The van der Waals surface area contributed by atoms with E-state index in [2.05, 4.69) is 60.2 Å². The van der Waals surface area contributed by atoms with E-state index in [1.165, 1.54) is 31.2 Å². The fraction of sp³-hybridized carbons (Fsp3) is 0.667. The summed E-state index contributed by atoms with van der Waals surface area (Å²) in [6.45, 7) is 8.49. The van der Waals surface area contributed by atoms with Crippen molar-refractivity contribution in [2.75, 3.05) is 13.2 Å². The fourth-order valence-electron chi connectivity index (χ4n) is 2.32. The standard InChI is InChI=1S/C18H30BrNO/c1-4-6-7-8-9-13-21-16-10-11-17(18(19)14-16)15(3)20-12-5-2/h10-11,14-15,20H,4-9,12-13H2,1-3H3. The molecular weight excluding hydrogens is 326 g/mol. The highest BCUT2D eigenvalue weighted by Crippen LogP contribution is 2.27. The Bertz CT molecular complexity index is 395. The average molecular weight is 356 g/mol. The number of nitrogens with one attached hydrogen (secondary N) is 1. The second-order valence-electron chi connectivity index (χ2n) is 5.62. The van der Waals surface area contributed by atoms with Gasteiger partial charge in [-0.1, -0.05) is 61.5 Å². The first kappa shape index (κ1) is 18.5. The predicted octanol–water partition coefficient (Wildman–Crippen LogP) is 5.86. The van der Waals surface area contributed by atoms with Gasteiger partial charge in [-0.15, -0.1) is 0 Å². The van der Waals surface area contributed by atoms with Crippen LogP contribution in [0.15, 0.2) is 22.7 Å². The summed E-state index contributed by atoms with van der Waals surface area (Å²) in [6.07, 6.45) is 7.52. The van der Waals surface area contributed by atoms with Crippen LogP contribution < -0.4 is 10.1 Å². The smallest absolute Gasteiger partial charge is 0.120 e. The largest absolute Gasteiger partial charge is 0.494 e. The molecule has 0 saturated heterocycles. The molecular formula is C18H30BrNO. The molecule has 0 saturated carbocycles. The van der Waals surface area contributed by atoms with Crippen LogP contribution in [0.1, 0.15) is 70.9 Å². The van der Waals surface area contributed by atoms with Crippen LogP contribution in [0.5, 0.6) is 5.75 Å². The Labute approximate surface area is 138 Å². The molecule has 3 heteroatoms. The summed E-state index contributed by atoms with van der Waals surface area (Å²) in [5, 5.41) is 3.51. The highest BCUT2D eigenvalue weighted by atomic mass is 79.9. The minimum absolute atomic E-state index is 0.363. The van der Waals surface area contributed by atoms with Crippen molar-refractivity contribution < 1.29 is 4.74 Å². The lowest BCUT2D eigenvalue weighted by atomic mass is 10.1. The molecule has 0 spiro atoms. The van der Waals surface area contributed by atoms with Crippen LogP contribution in [-0.2, 0) is 0 Å². The summed E-state index contributed by atoms with van der Waals surface area (Å²) in [7, 11) is 0. The molecule has 0 bridgehead atoms. The molecule has 0 aliphatic rings. The van der Waals surface area contributed by atoms with Gasteiger partial charge in [0.2, 0.25) is 0 Å². The molecule has 0 radical (unpaired) electrons. The number of unbranched alkanes of at least 4 members (excludes halogenated alkanes) is 4. The van der Waals surface area contributed by atoms with Crippen molar-refractivity contribution in [3.8, 4) is 5.75 Å². The minimum atomic E-state index is 0.363. The number of hydrogen-bond acceptors (Lipinski definition) is 2. The third-order valence-corrected chi connectivity index (χ3v) is 4.34. The first-order valence-electron chi connectivity index (χ1n) is 8.34. The molecule has 0 amide bonds. The normalized spacial score (nSPS) is 12.4.